The van der Waals surface area contributed by atoms with Gasteiger partial charge in [0.2, 0.25) is 0 Å². The summed E-state index contributed by atoms with van der Waals surface area (Å²) in [4.78, 5) is 13.4. The smallest absolute Gasteiger partial charge is 0.358 e. The minimum atomic E-state index is -3.51. The topological polar surface area (TPSA) is 86.2 Å². The van der Waals surface area contributed by atoms with Crippen LogP contribution in [-0.4, -0.2) is 28.2 Å². The molecular formula is C19H23N4O3PS. The van der Waals surface area contributed by atoms with Crippen LogP contribution in [0.5, 0.6) is 0 Å². The zero-order valence-corrected chi connectivity index (χ0v) is 17.6. The Labute approximate surface area is 168 Å². The van der Waals surface area contributed by atoms with E-state index in [0.717, 1.165) is 34.6 Å². The molecule has 9 heteroatoms. The lowest BCUT2D eigenvalue weighted by Crippen LogP contribution is -2.17. The summed E-state index contributed by atoms with van der Waals surface area (Å²) in [6.07, 6.45) is 3.91. The third-order valence-corrected chi connectivity index (χ3v) is 7.56. The third kappa shape index (κ3) is 4.10. The Hall–Kier alpha value is -1.86. The van der Waals surface area contributed by atoms with Gasteiger partial charge in [0.1, 0.15) is 5.82 Å². The van der Waals surface area contributed by atoms with Gasteiger partial charge in [0.25, 0.3) is 0 Å². The number of nitrogens with zero attached hydrogens (tertiary/aromatic N) is 3. The fourth-order valence-corrected chi connectivity index (χ4v) is 5.57. The van der Waals surface area contributed by atoms with E-state index in [1.54, 1.807) is 37.4 Å². The zero-order chi connectivity index (χ0) is 19.6. The van der Waals surface area contributed by atoms with Gasteiger partial charge in [-0.25, -0.2) is 15.0 Å². The van der Waals surface area contributed by atoms with E-state index in [0.29, 0.717) is 11.6 Å². The standard InChI is InChI=1S/C19H23N4O3PS/c1-3-25-27(24,26-4-2)19(15-9-10-20-18(23-15)13-5-6-13)22-14-7-8-17-16(11-14)21-12-28-17/h7-13,19,22H,3-6H2,1-2H3. The summed E-state index contributed by atoms with van der Waals surface area (Å²) in [7, 11) is -3.51. The zero-order valence-electron chi connectivity index (χ0n) is 15.9. The molecule has 1 atom stereocenters. The van der Waals surface area contributed by atoms with Crippen molar-refractivity contribution < 1.29 is 13.6 Å². The molecule has 3 aromatic rings. The number of aromatic nitrogens is 3. The molecule has 148 valence electrons. The Morgan fingerprint density at radius 3 is 2.71 bits per heavy atom. The van der Waals surface area contributed by atoms with Crippen molar-refractivity contribution in [2.24, 2.45) is 0 Å². The maximum absolute atomic E-state index is 13.6. The number of nitrogens with one attached hydrogen (secondary N) is 1. The molecule has 1 fully saturated rings. The van der Waals surface area contributed by atoms with Gasteiger partial charge in [-0.1, -0.05) is 0 Å². The molecule has 7 nitrogen and oxygen atoms in total. The van der Waals surface area contributed by atoms with Gasteiger partial charge < -0.3 is 14.4 Å². The average molecular weight is 418 g/mol. The van der Waals surface area contributed by atoms with Gasteiger partial charge in [0.05, 0.1) is 34.6 Å². The number of benzene rings is 1. The van der Waals surface area contributed by atoms with Gasteiger partial charge in [-0.15, -0.1) is 11.3 Å². The number of fused-ring (bicyclic) bond motifs is 1. The summed E-state index contributed by atoms with van der Waals surface area (Å²) in [5, 5.41) is 3.34. The first-order chi connectivity index (χ1) is 13.6. The molecule has 0 amide bonds. The van der Waals surface area contributed by atoms with E-state index in [4.69, 9.17) is 14.0 Å². The maximum atomic E-state index is 13.6. The van der Waals surface area contributed by atoms with E-state index in [-0.39, 0.29) is 13.2 Å². The first-order valence-corrected chi connectivity index (χ1v) is 11.9. The monoisotopic (exact) mass is 418 g/mol. The summed E-state index contributed by atoms with van der Waals surface area (Å²) < 4.78 is 26.0. The van der Waals surface area contributed by atoms with E-state index in [1.807, 2.05) is 23.7 Å². The molecule has 4 rings (SSSR count). The Balaban J connectivity index is 1.73. The van der Waals surface area contributed by atoms with E-state index < -0.39 is 13.4 Å². The summed E-state index contributed by atoms with van der Waals surface area (Å²) in [6, 6.07) is 7.65. The molecule has 1 unspecified atom stereocenters. The molecule has 0 bridgehead atoms. The Morgan fingerprint density at radius 2 is 2.00 bits per heavy atom. The molecule has 0 saturated heterocycles. The third-order valence-electron chi connectivity index (χ3n) is 4.49. The molecule has 0 aliphatic heterocycles. The van der Waals surface area contributed by atoms with Crippen LogP contribution in [-0.2, 0) is 13.6 Å². The lowest BCUT2D eigenvalue weighted by molar-refractivity contribution is 0.213. The van der Waals surface area contributed by atoms with Gasteiger partial charge in [-0.3, -0.25) is 4.57 Å². The first kappa shape index (κ1) is 19.5. The van der Waals surface area contributed by atoms with Crippen molar-refractivity contribution in [2.45, 2.75) is 38.4 Å². The fraction of sp³-hybridized carbons (Fsp3) is 0.421. The highest BCUT2D eigenvalue weighted by molar-refractivity contribution is 7.54. The minimum absolute atomic E-state index is 0.279. The van der Waals surface area contributed by atoms with Crippen molar-refractivity contribution in [3.8, 4) is 0 Å². The summed E-state index contributed by atoms with van der Waals surface area (Å²) in [5.74, 6) is 0.452. The highest BCUT2D eigenvalue weighted by Crippen LogP contribution is 2.60. The van der Waals surface area contributed by atoms with Crippen LogP contribution in [0.2, 0.25) is 0 Å². The first-order valence-electron chi connectivity index (χ1n) is 9.44. The molecule has 2 aromatic heterocycles. The van der Waals surface area contributed by atoms with E-state index >= 15 is 0 Å². The molecule has 2 heterocycles. The minimum Gasteiger partial charge on any atom is -0.367 e. The number of hydrogen-bond donors (Lipinski definition) is 1. The second kappa shape index (κ2) is 8.25. The van der Waals surface area contributed by atoms with Crippen LogP contribution >= 0.6 is 18.9 Å². The quantitative estimate of drug-likeness (QED) is 0.469. The molecule has 1 aliphatic rings. The highest BCUT2D eigenvalue weighted by Gasteiger charge is 2.39. The van der Waals surface area contributed by atoms with Crippen LogP contribution in [0.3, 0.4) is 0 Å². The number of thiazole rings is 1. The fourth-order valence-electron chi connectivity index (χ4n) is 3.05. The van der Waals surface area contributed by atoms with Gasteiger partial charge in [-0.05, 0) is 51.0 Å². The van der Waals surface area contributed by atoms with Gasteiger partial charge in [0, 0.05) is 17.8 Å². The van der Waals surface area contributed by atoms with Gasteiger partial charge in [-0.2, -0.15) is 0 Å². The van der Waals surface area contributed by atoms with Crippen LogP contribution < -0.4 is 5.32 Å². The van der Waals surface area contributed by atoms with Crippen molar-refractivity contribution in [3.63, 3.8) is 0 Å². The van der Waals surface area contributed by atoms with Gasteiger partial charge in [0.15, 0.2) is 5.78 Å². The van der Waals surface area contributed by atoms with Crippen molar-refractivity contribution in [3.05, 3.63) is 47.5 Å². The van der Waals surface area contributed by atoms with Crippen molar-refractivity contribution in [2.75, 3.05) is 18.5 Å². The Kier molecular flexibility index (Phi) is 5.73. The van der Waals surface area contributed by atoms with E-state index in [1.165, 1.54) is 0 Å². The highest BCUT2D eigenvalue weighted by atomic mass is 32.1. The predicted molar refractivity (Wildman–Crippen MR) is 111 cm³/mol. The predicted octanol–water partition coefficient (Wildman–Crippen LogP) is 5.34. The summed E-state index contributed by atoms with van der Waals surface area (Å²) >= 11 is 1.58. The van der Waals surface area contributed by atoms with Crippen LogP contribution in [0, 0.1) is 0 Å². The number of anilines is 1. The molecule has 0 radical (unpaired) electrons. The molecule has 1 N–H and O–H groups in total. The van der Waals surface area contributed by atoms with E-state index in [2.05, 4.69) is 15.3 Å². The molecule has 0 spiro atoms. The van der Waals surface area contributed by atoms with Crippen LogP contribution in [0.1, 0.15) is 49.9 Å². The van der Waals surface area contributed by atoms with Crippen molar-refractivity contribution in [1.29, 1.82) is 0 Å². The SMILES string of the molecule is CCOP(=O)(OCC)C(Nc1ccc2scnc2c1)c1ccnc(C2CC2)n1. The Morgan fingerprint density at radius 1 is 1.21 bits per heavy atom. The molecule has 1 aromatic carbocycles. The Bertz CT molecular complexity index is 998. The van der Waals surface area contributed by atoms with Crippen LogP contribution in [0.25, 0.3) is 10.2 Å². The number of hydrogen-bond acceptors (Lipinski definition) is 8. The van der Waals surface area contributed by atoms with E-state index in [9.17, 15) is 4.57 Å². The van der Waals surface area contributed by atoms with Gasteiger partial charge >= 0.3 is 7.60 Å². The average Bonchev–Trinajstić information content (AvgIpc) is 3.44. The molecular weight excluding hydrogens is 395 g/mol. The lowest BCUT2D eigenvalue weighted by atomic mass is 10.3. The maximum Gasteiger partial charge on any atom is 0.358 e. The second-order valence-electron chi connectivity index (χ2n) is 6.57. The van der Waals surface area contributed by atoms with Crippen molar-refractivity contribution in [1.82, 2.24) is 15.0 Å². The molecule has 28 heavy (non-hydrogen) atoms. The molecule has 1 saturated carbocycles. The number of rotatable bonds is 9. The van der Waals surface area contributed by atoms with Crippen molar-refractivity contribution >= 4 is 34.8 Å². The summed E-state index contributed by atoms with van der Waals surface area (Å²) in [5.41, 5.74) is 4.09. The van der Waals surface area contributed by atoms with Crippen LogP contribution in [0.15, 0.2) is 36.0 Å². The molecule has 1 aliphatic carbocycles. The lowest BCUT2D eigenvalue weighted by Gasteiger charge is -2.27. The normalized spacial score (nSPS) is 15.6. The summed E-state index contributed by atoms with van der Waals surface area (Å²) in [6.45, 7) is 4.17. The van der Waals surface area contributed by atoms with Crippen LogP contribution in [0.4, 0.5) is 5.69 Å². The largest absolute Gasteiger partial charge is 0.367 e. The second-order valence-corrected chi connectivity index (χ2v) is 9.57.